The molecule has 0 amide bonds. The summed E-state index contributed by atoms with van der Waals surface area (Å²) in [5, 5.41) is 88.0. The Balaban J connectivity index is 1.20. The summed E-state index contributed by atoms with van der Waals surface area (Å²) < 4.78 is 35.8. The van der Waals surface area contributed by atoms with E-state index in [1.807, 2.05) is 13.8 Å². The van der Waals surface area contributed by atoms with Crippen molar-refractivity contribution in [2.75, 3.05) is 13.2 Å². The molecule has 7 aliphatic rings. The number of carbonyl (C=O) groups excluding carboxylic acids is 3. The average Bonchev–Trinajstić information content (AvgIpc) is 3.29. The zero-order valence-corrected chi connectivity index (χ0v) is 41.6. The van der Waals surface area contributed by atoms with E-state index in [0.717, 1.165) is 11.9 Å². The van der Waals surface area contributed by atoms with Crippen molar-refractivity contribution in [1.82, 2.24) is 0 Å². The molecule has 2 aliphatic heterocycles. The average molecular weight is 977 g/mol. The molecule has 21 atom stereocenters. The Morgan fingerprint density at radius 3 is 1.99 bits per heavy atom. The summed E-state index contributed by atoms with van der Waals surface area (Å²) in [4.78, 5) is 53.3. The maximum absolute atomic E-state index is 13.7. The van der Waals surface area contributed by atoms with E-state index in [1.165, 1.54) is 0 Å². The number of hydrogen-bond acceptors (Lipinski definition) is 17. The van der Waals surface area contributed by atoms with Crippen molar-refractivity contribution in [3.05, 3.63) is 34.9 Å². The number of aliphatic hydroxyl groups is 7. The number of esters is 2. The molecule has 69 heavy (non-hydrogen) atoms. The fraction of sp³-hybridized carbons (Fsp3) is 0.804. The summed E-state index contributed by atoms with van der Waals surface area (Å²) in [6, 6.07) is 0. The lowest BCUT2D eigenvalue weighted by atomic mass is 9.33. The summed E-state index contributed by atoms with van der Waals surface area (Å²) in [6.07, 6.45) is -10.7. The van der Waals surface area contributed by atoms with Gasteiger partial charge in [-0.2, -0.15) is 0 Å². The molecule has 7 rings (SSSR count). The first-order chi connectivity index (χ1) is 32.2. The van der Waals surface area contributed by atoms with Gasteiger partial charge in [0.1, 0.15) is 49.0 Å². The van der Waals surface area contributed by atoms with Crippen LogP contribution in [0.2, 0.25) is 0 Å². The molecule has 0 spiro atoms. The van der Waals surface area contributed by atoms with Crippen LogP contribution in [-0.4, -0.2) is 158 Å². The van der Waals surface area contributed by atoms with Gasteiger partial charge < -0.3 is 74.1 Å². The van der Waals surface area contributed by atoms with E-state index in [0.29, 0.717) is 43.3 Å². The minimum Gasteiger partial charge on any atom is -0.479 e. The van der Waals surface area contributed by atoms with Crippen molar-refractivity contribution in [2.24, 2.45) is 50.2 Å². The number of carboxylic acids is 1. The molecule has 18 heteroatoms. The quantitative estimate of drug-likeness (QED) is 0.0486. The topological polar surface area (TPSA) is 285 Å². The Morgan fingerprint density at radius 1 is 0.783 bits per heavy atom. The first-order valence-corrected chi connectivity index (χ1v) is 24.5. The van der Waals surface area contributed by atoms with Crippen molar-refractivity contribution < 1.29 is 88.5 Å². The molecular weight excluding hydrogens is 901 g/mol. The third kappa shape index (κ3) is 8.29. The SMILES string of the molecule is C/C=C(/C)C(=O)O[C@H]1[C@H](OC(=O)/C(C)=C\C)[C@]2(CO)[C@H](O)C[C@]3(C)C(=CC[C@@H]4[C@@]5(C)CC[C@H](O[C@@H]6O[C@H](C(=O)O)[C@@H](O)[C@H](O[C@@H]7OC[C@H](O)[C@H](O)[C@H]7O)[C@H]6O)[C@@](C)(C=O)[C@@H]5CC[C@]43C)[C@@H]2CC1(C)C. The number of allylic oxidation sites excluding steroid dienone is 4. The molecule has 388 valence electrons. The van der Waals surface area contributed by atoms with Crippen LogP contribution in [-0.2, 0) is 47.6 Å². The number of carboxylic acid groups (broad SMARTS) is 1. The largest absolute Gasteiger partial charge is 0.479 e. The predicted molar refractivity (Wildman–Crippen MR) is 243 cm³/mol. The maximum Gasteiger partial charge on any atom is 0.335 e. The van der Waals surface area contributed by atoms with Gasteiger partial charge in [0.25, 0.3) is 0 Å². The minimum atomic E-state index is -1.99. The number of aldehydes is 1. The highest BCUT2D eigenvalue weighted by atomic mass is 16.7. The highest BCUT2D eigenvalue weighted by Crippen LogP contribution is 2.76. The first-order valence-electron chi connectivity index (χ1n) is 24.5. The fourth-order valence-corrected chi connectivity index (χ4v) is 14.5. The van der Waals surface area contributed by atoms with Gasteiger partial charge in [0.15, 0.2) is 24.8 Å². The molecule has 0 aromatic heterocycles. The van der Waals surface area contributed by atoms with Gasteiger partial charge in [-0.25, -0.2) is 14.4 Å². The van der Waals surface area contributed by atoms with Gasteiger partial charge in [-0.3, -0.25) is 0 Å². The van der Waals surface area contributed by atoms with Crippen LogP contribution in [0.5, 0.6) is 0 Å². The van der Waals surface area contributed by atoms with Gasteiger partial charge >= 0.3 is 17.9 Å². The highest BCUT2D eigenvalue weighted by molar-refractivity contribution is 5.89. The number of rotatable bonds is 11. The summed E-state index contributed by atoms with van der Waals surface area (Å²) in [7, 11) is 0. The zero-order valence-electron chi connectivity index (χ0n) is 41.6. The monoisotopic (exact) mass is 977 g/mol. The molecule has 0 aromatic carbocycles. The minimum absolute atomic E-state index is 0.0387. The summed E-state index contributed by atoms with van der Waals surface area (Å²) in [5.74, 6) is -3.65. The van der Waals surface area contributed by atoms with Crippen LogP contribution in [0.4, 0.5) is 0 Å². The molecular formula is C51H76O18. The molecule has 8 N–H and O–H groups in total. The van der Waals surface area contributed by atoms with Crippen LogP contribution in [0.15, 0.2) is 34.9 Å². The van der Waals surface area contributed by atoms with Crippen molar-refractivity contribution in [2.45, 2.75) is 194 Å². The van der Waals surface area contributed by atoms with Crippen LogP contribution >= 0.6 is 0 Å². The third-order valence-corrected chi connectivity index (χ3v) is 19.1. The Kier molecular flexibility index (Phi) is 14.8. The zero-order chi connectivity index (χ0) is 51.1. The molecule has 18 nitrogen and oxygen atoms in total. The molecule has 5 aliphatic carbocycles. The van der Waals surface area contributed by atoms with E-state index in [4.69, 9.17) is 28.4 Å². The number of carbonyl (C=O) groups is 4. The molecule has 2 saturated heterocycles. The predicted octanol–water partition coefficient (Wildman–Crippen LogP) is 2.65. The number of ether oxygens (including phenoxy) is 6. The molecule has 0 radical (unpaired) electrons. The molecule has 0 aromatic rings. The normalized spacial score (nSPS) is 48.6. The molecule has 0 bridgehead atoms. The van der Waals surface area contributed by atoms with E-state index in [1.54, 1.807) is 46.8 Å². The number of fused-ring (bicyclic) bond motifs is 7. The van der Waals surface area contributed by atoms with Gasteiger partial charge in [0, 0.05) is 16.6 Å². The lowest BCUT2D eigenvalue weighted by Gasteiger charge is -2.72. The van der Waals surface area contributed by atoms with E-state index in [9.17, 15) is 60.0 Å². The standard InChI is InChI=1S/C51H76O18/c1-11-24(3)42(62)68-39-40(69-43(63)25(4)12-2)51(23-53)27(19-46(39,5)6)26-13-14-30-47(7)17-16-32(48(8,22-52)29(47)15-18-49(30,9)50(26,10)20-31(51)55)65-45-36(59)37(35(58)38(67-45)41(60)61)66-44-34(57)33(56)28(54)21-64-44/h11-13,22,27-40,44-45,53-59H,14-21,23H2,1-10H3,(H,60,61)/b24-11-,25-12-/t27-,28-,29+,30+,31+,32-,33-,34+,35-,36+,37-,38-,39-,40-,44-,45+,47-,48-,49+,50+,51-/m0/s1. The second-order valence-corrected chi connectivity index (χ2v) is 22.9. The van der Waals surface area contributed by atoms with Gasteiger partial charge in [0.2, 0.25) is 0 Å². The van der Waals surface area contributed by atoms with Crippen LogP contribution < -0.4 is 0 Å². The third-order valence-electron chi connectivity index (χ3n) is 19.1. The summed E-state index contributed by atoms with van der Waals surface area (Å²) >= 11 is 0. The van der Waals surface area contributed by atoms with Crippen molar-refractivity contribution in [1.29, 1.82) is 0 Å². The van der Waals surface area contributed by atoms with Crippen molar-refractivity contribution in [3.8, 4) is 0 Å². The van der Waals surface area contributed by atoms with Crippen LogP contribution in [0.1, 0.15) is 114 Å². The van der Waals surface area contributed by atoms with E-state index in [2.05, 4.69) is 26.8 Å². The van der Waals surface area contributed by atoms with Crippen molar-refractivity contribution >= 4 is 24.2 Å². The van der Waals surface area contributed by atoms with E-state index < -0.39 is 149 Å². The lowest BCUT2D eigenvalue weighted by molar-refractivity contribution is -0.355. The van der Waals surface area contributed by atoms with Crippen molar-refractivity contribution in [3.63, 3.8) is 0 Å². The van der Waals surface area contributed by atoms with Crippen LogP contribution in [0.25, 0.3) is 0 Å². The Bertz CT molecular complexity index is 2090. The smallest absolute Gasteiger partial charge is 0.335 e. The lowest BCUT2D eigenvalue weighted by Crippen LogP contribution is -2.72. The van der Waals surface area contributed by atoms with E-state index >= 15 is 0 Å². The number of hydrogen-bond donors (Lipinski definition) is 8. The second kappa shape index (κ2) is 19.0. The summed E-state index contributed by atoms with van der Waals surface area (Å²) in [5.41, 5.74) is -3.33. The molecule has 2 heterocycles. The maximum atomic E-state index is 13.7. The van der Waals surface area contributed by atoms with Gasteiger partial charge in [-0.15, -0.1) is 0 Å². The Labute approximate surface area is 404 Å². The number of aliphatic hydroxyl groups excluding tert-OH is 7. The van der Waals surface area contributed by atoms with E-state index in [-0.39, 0.29) is 24.7 Å². The molecule has 0 unspecified atom stereocenters. The molecule has 4 saturated carbocycles. The second-order valence-electron chi connectivity index (χ2n) is 22.9. The Morgan fingerprint density at radius 2 is 1.41 bits per heavy atom. The number of aliphatic carboxylic acids is 1. The van der Waals surface area contributed by atoms with Crippen LogP contribution in [0, 0.1) is 50.2 Å². The fourth-order valence-electron chi connectivity index (χ4n) is 14.5. The van der Waals surface area contributed by atoms with Crippen LogP contribution in [0.3, 0.4) is 0 Å². The highest BCUT2D eigenvalue weighted by Gasteiger charge is 2.74. The van der Waals surface area contributed by atoms with Gasteiger partial charge in [-0.1, -0.05) is 65.3 Å². The molecule has 6 fully saturated rings. The van der Waals surface area contributed by atoms with Gasteiger partial charge in [0.05, 0.1) is 36.3 Å². The Hall–Kier alpha value is -3.14. The van der Waals surface area contributed by atoms with Gasteiger partial charge in [-0.05, 0) is 107 Å². The summed E-state index contributed by atoms with van der Waals surface area (Å²) in [6.45, 7) is 18.0. The first kappa shape index (κ1) is 53.7.